The van der Waals surface area contributed by atoms with Crippen LogP contribution in [0.4, 0.5) is 10.5 Å². The molecule has 4 rings (SSSR count). The Bertz CT molecular complexity index is 1150. The number of nitrogens with one attached hydrogen (secondary N) is 3. The third-order valence-corrected chi connectivity index (χ3v) is 5.25. The van der Waals surface area contributed by atoms with E-state index in [1.165, 1.54) is 4.90 Å². The van der Waals surface area contributed by atoms with Crippen LogP contribution < -0.4 is 25.2 Å². The van der Waals surface area contributed by atoms with Crippen molar-refractivity contribution in [3.8, 4) is 11.5 Å². The molecule has 8 heteroatoms. The third-order valence-electron chi connectivity index (χ3n) is 5.25. The fraction of sp³-hybridized carbons (Fsp3) is 0.304. The standard InChI is InChI=1S/C23H26N4O4/c1-15-4-6-18(7-5-15)24-23(29)27(9-8-26(2)3)13-17-10-16-11-20-21(31-14-30-20)12-19(16)25-22(17)28/h4-7,10-12H,8-9,13-14H2,1-3H3,(H,24,29)(H,25,28)/p+1. The summed E-state index contributed by atoms with van der Waals surface area (Å²) >= 11 is 0. The molecule has 1 aliphatic heterocycles. The van der Waals surface area contributed by atoms with Crippen LogP contribution in [0.5, 0.6) is 11.5 Å². The summed E-state index contributed by atoms with van der Waals surface area (Å²) in [5.41, 5.74) is 2.80. The Hall–Kier alpha value is -3.52. The first kappa shape index (κ1) is 20.7. The van der Waals surface area contributed by atoms with Crippen LogP contribution in [0.1, 0.15) is 11.1 Å². The van der Waals surface area contributed by atoms with Gasteiger partial charge in [0.2, 0.25) is 6.79 Å². The van der Waals surface area contributed by atoms with Crippen LogP contribution in [-0.2, 0) is 6.54 Å². The summed E-state index contributed by atoms with van der Waals surface area (Å²) in [5, 5.41) is 3.76. The first-order chi connectivity index (χ1) is 14.9. The number of quaternary nitrogens is 1. The molecule has 1 aliphatic rings. The highest BCUT2D eigenvalue weighted by Crippen LogP contribution is 2.35. The number of likely N-dealkylation sites (N-methyl/N-ethyl adjacent to an activating group) is 1. The molecule has 8 nitrogen and oxygen atoms in total. The van der Waals surface area contributed by atoms with Crippen molar-refractivity contribution in [1.82, 2.24) is 9.88 Å². The number of fused-ring (bicyclic) bond motifs is 2. The minimum Gasteiger partial charge on any atom is -0.454 e. The lowest BCUT2D eigenvalue weighted by atomic mass is 10.1. The average molecular weight is 423 g/mol. The topological polar surface area (TPSA) is 88.1 Å². The van der Waals surface area contributed by atoms with Gasteiger partial charge in [0, 0.05) is 22.7 Å². The highest BCUT2D eigenvalue weighted by molar-refractivity contribution is 5.89. The van der Waals surface area contributed by atoms with Crippen LogP contribution in [0.3, 0.4) is 0 Å². The van der Waals surface area contributed by atoms with Crippen molar-refractivity contribution in [3.05, 3.63) is 63.9 Å². The zero-order chi connectivity index (χ0) is 22.0. The van der Waals surface area contributed by atoms with Gasteiger partial charge < -0.3 is 29.6 Å². The van der Waals surface area contributed by atoms with E-state index in [1.807, 2.05) is 57.4 Å². The van der Waals surface area contributed by atoms with Gasteiger partial charge in [0.15, 0.2) is 11.5 Å². The molecule has 0 atom stereocenters. The van der Waals surface area contributed by atoms with Gasteiger partial charge in [0.05, 0.1) is 39.2 Å². The predicted octanol–water partition coefficient (Wildman–Crippen LogP) is 1.74. The summed E-state index contributed by atoms with van der Waals surface area (Å²) in [6, 6.07) is 12.8. The number of hydrogen-bond donors (Lipinski definition) is 3. The molecule has 2 aromatic carbocycles. The molecular formula is C23H27N4O4+. The van der Waals surface area contributed by atoms with E-state index in [4.69, 9.17) is 9.47 Å². The molecule has 0 saturated carbocycles. The minimum atomic E-state index is -0.240. The molecule has 2 amide bonds. The smallest absolute Gasteiger partial charge is 0.322 e. The van der Waals surface area contributed by atoms with Gasteiger partial charge in [-0.1, -0.05) is 17.7 Å². The maximum absolute atomic E-state index is 13.0. The SMILES string of the molecule is Cc1ccc(NC(=O)N(CC[NH+](C)C)Cc2cc3cc4c(cc3[nH]c2=O)OCO4)cc1. The summed E-state index contributed by atoms with van der Waals surface area (Å²) in [5.74, 6) is 1.26. The first-order valence-corrected chi connectivity index (χ1v) is 10.3. The fourth-order valence-electron chi connectivity index (χ4n) is 3.41. The molecule has 0 saturated heterocycles. The van der Waals surface area contributed by atoms with Gasteiger partial charge in [0.25, 0.3) is 5.56 Å². The van der Waals surface area contributed by atoms with Crippen molar-refractivity contribution >= 4 is 22.6 Å². The second-order valence-electron chi connectivity index (χ2n) is 8.09. The number of aromatic amines is 1. The zero-order valence-electron chi connectivity index (χ0n) is 18.0. The summed E-state index contributed by atoms with van der Waals surface area (Å²) in [6.45, 7) is 3.63. The molecule has 0 unspecified atom stereocenters. The second-order valence-corrected chi connectivity index (χ2v) is 8.09. The fourth-order valence-corrected chi connectivity index (χ4v) is 3.41. The number of rotatable bonds is 6. The Kier molecular flexibility index (Phi) is 5.81. The largest absolute Gasteiger partial charge is 0.454 e. The van der Waals surface area contributed by atoms with Crippen LogP contribution in [-0.4, -0.2) is 49.9 Å². The van der Waals surface area contributed by atoms with Gasteiger partial charge in [-0.25, -0.2) is 4.79 Å². The van der Waals surface area contributed by atoms with Crippen LogP contribution in [0.2, 0.25) is 0 Å². The van der Waals surface area contributed by atoms with Crippen molar-refractivity contribution in [2.24, 2.45) is 0 Å². The molecule has 162 valence electrons. The van der Waals surface area contributed by atoms with E-state index in [0.717, 1.165) is 23.2 Å². The first-order valence-electron chi connectivity index (χ1n) is 10.3. The molecular weight excluding hydrogens is 396 g/mol. The van der Waals surface area contributed by atoms with E-state index >= 15 is 0 Å². The number of carbonyl (C=O) groups excluding carboxylic acids is 1. The molecule has 3 N–H and O–H groups in total. The van der Waals surface area contributed by atoms with E-state index in [2.05, 4.69) is 10.3 Å². The molecule has 31 heavy (non-hydrogen) atoms. The Labute approximate surface area is 180 Å². The van der Waals surface area contributed by atoms with E-state index in [9.17, 15) is 9.59 Å². The van der Waals surface area contributed by atoms with Gasteiger partial charge in [0.1, 0.15) is 0 Å². The number of carbonyl (C=O) groups is 1. The Morgan fingerprint density at radius 3 is 2.55 bits per heavy atom. The number of hydrogen-bond acceptors (Lipinski definition) is 4. The van der Waals surface area contributed by atoms with E-state index < -0.39 is 0 Å². The number of urea groups is 1. The number of aromatic nitrogens is 1. The predicted molar refractivity (Wildman–Crippen MR) is 119 cm³/mol. The van der Waals surface area contributed by atoms with Crippen molar-refractivity contribution in [2.75, 3.05) is 39.3 Å². The second kappa shape index (κ2) is 8.69. The number of anilines is 1. The molecule has 0 radical (unpaired) electrons. The number of amides is 2. The molecule has 2 heterocycles. The number of nitrogens with zero attached hydrogens (tertiary/aromatic N) is 1. The Morgan fingerprint density at radius 2 is 1.84 bits per heavy atom. The van der Waals surface area contributed by atoms with Gasteiger partial charge in [-0.3, -0.25) is 4.79 Å². The van der Waals surface area contributed by atoms with Crippen LogP contribution in [0.15, 0.2) is 47.3 Å². The molecule has 0 aliphatic carbocycles. The summed E-state index contributed by atoms with van der Waals surface area (Å²) in [4.78, 5) is 31.5. The van der Waals surface area contributed by atoms with Crippen molar-refractivity contribution in [2.45, 2.75) is 13.5 Å². The lowest BCUT2D eigenvalue weighted by Gasteiger charge is -2.23. The molecule has 0 bridgehead atoms. The number of H-pyrrole nitrogens is 1. The quantitative estimate of drug-likeness (QED) is 0.564. The monoisotopic (exact) mass is 423 g/mol. The van der Waals surface area contributed by atoms with Crippen LogP contribution in [0, 0.1) is 6.92 Å². The highest BCUT2D eigenvalue weighted by Gasteiger charge is 2.19. The Morgan fingerprint density at radius 1 is 1.13 bits per heavy atom. The number of ether oxygens (including phenoxy) is 2. The zero-order valence-corrected chi connectivity index (χ0v) is 18.0. The van der Waals surface area contributed by atoms with E-state index in [1.54, 1.807) is 11.0 Å². The number of aryl methyl sites for hydroxylation is 1. The van der Waals surface area contributed by atoms with Gasteiger partial charge >= 0.3 is 6.03 Å². The minimum absolute atomic E-state index is 0.169. The molecule has 3 aromatic rings. The maximum atomic E-state index is 13.0. The Balaban J connectivity index is 1.59. The lowest BCUT2D eigenvalue weighted by Crippen LogP contribution is -3.06. The van der Waals surface area contributed by atoms with Crippen LogP contribution in [0.25, 0.3) is 10.9 Å². The van der Waals surface area contributed by atoms with E-state index in [0.29, 0.717) is 29.1 Å². The normalized spacial score (nSPS) is 12.4. The van der Waals surface area contributed by atoms with Crippen LogP contribution >= 0.6 is 0 Å². The summed E-state index contributed by atoms with van der Waals surface area (Å²) in [7, 11) is 4.06. The highest BCUT2D eigenvalue weighted by atomic mass is 16.7. The molecule has 0 spiro atoms. The van der Waals surface area contributed by atoms with Crippen molar-refractivity contribution in [1.29, 1.82) is 0 Å². The maximum Gasteiger partial charge on any atom is 0.322 e. The molecule has 1 aromatic heterocycles. The summed E-state index contributed by atoms with van der Waals surface area (Å²) < 4.78 is 10.8. The number of pyridine rings is 1. The lowest BCUT2D eigenvalue weighted by molar-refractivity contribution is -0.857. The van der Waals surface area contributed by atoms with Gasteiger partial charge in [-0.2, -0.15) is 0 Å². The number of benzene rings is 2. The van der Waals surface area contributed by atoms with Gasteiger partial charge in [-0.15, -0.1) is 0 Å². The molecule has 0 fully saturated rings. The van der Waals surface area contributed by atoms with E-state index in [-0.39, 0.29) is 24.9 Å². The van der Waals surface area contributed by atoms with Gasteiger partial charge in [-0.05, 0) is 31.2 Å². The van der Waals surface area contributed by atoms with Crippen molar-refractivity contribution in [3.63, 3.8) is 0 Å². The van der Waals surface area contributed by atoms with Crippen molar-refractivity contribution < 1.29 is 19.2 Å². The average Bonchev–Trinajstić information content (AvgIpc) is 3.18. The summed E-state index contributed by atoms with van der Waals surface area (Å²) in [6.07, 6.45) is 0. The third kappa shape index (κ3) is 4.80.